The maximum Gasteiger partial charge on any atom is 0.339 e. The molecule has 8 heteroatoms. The number of benzene rings is 2. The van der Waals surface area contributed by atoms with Crippen molar-refractivity contribution in [3.8, 4) is 5.75 Å². The maximum atomic E-state index is 13.0. The minimum atomic E-state index is -4.16. The standard InChI is InChI=1S/C15H12ClFO5S/c1-2-21-15(18)10-3-6-12(7-4-10)23(19,20)22-14-8-5-11(17)9-13(14)16/h3-9H,2H2,1H3. The van der Waals surface area contributed by atoms with Crippen molar-refractivity contribution in [2.75, 3.05) is 6.61 Å². The third kappa shape index (κ3) is 4.20. The molecule has 0 amide bonds. The average Bonchev–Trinajstić information content (AvgIpc) is 2.50. The maximum absolute atomic E-state index is 13.0. The van der Waals surface area contributed by atoms with Crippen LogP contribution in [0.15, 0.2) is 47.4 Å². The Labute approximate surface area is 137 Å². The van der Waals surface area contributed by atoms with Crippen molar-refractivity contribution < 1.29 is 26.5 Å². The van der Waals surface area contributed by atoms with Gasteiger partial charge in [0.15, 0.2) is 5.75 Å². The Bertz CT molecular complexity index is 818. The van der Waals surface area contributed by atoms with E-state index in [1.807, 2.05) is 0 Å². The molecule has 0 bridgehead atoms. The van der Waals surface area contributed by atoms with Crippen molar-refractivity contribution in [3.63, 3.8) is 0 Å². The van der Waals surface area contributed by atoms with Crippen molar-refractivity contribution in [2.45, 2.75) is 11.8 Å². The molecule has 0 atom stereocenters. The Hall–Kier alpha value is -2.12. The smallest absolute Gasteiger partial charge is 0.339 e. The first kappa shape index (κ1) is 17.2. The highest BCUT2D eigenvalue weighted by molar-refractivity contribution is 7.87. The van der Waals surface area contributed by atoms with Gasteiger partial charge in [0.05, 0.1) is 17.2 Å². The number of rotatable bonds is 5. The fourth-order valence-corrected chi connectivity index (χ4v) is 2.88. The van der Waals surface area contributed by atoms with E-state index in [0.29, 0.717) is 0 Å². The van der Waals surface area contributed by atoms with E-state index < -0.39 is 21.9 Å². The Morgan fingerprint density at radius 1 is 1.17 bits per heavy atom. The van der Waals surface area contributed by atoms with Gasteiger partial charge >= 0.3 is 16.1 Å². The highest BCUT2D eigenvalue weighted by Crippen LogP contribution is 2.28. The van der Waals surface area contributed by atoms with Crippen LogP contribution >= 0.6 is 11.6 Å². The molecular weight excluding hydrogens is 347 g/mol. The van der Waals surface area contributed by atoms with E-state index in [0.717, 1.165) is 18.2 Å². The second-order valence-corrected chi connectivity index (χ2v) is 6.31. The molecule has 2 aromatic rings. The zero-order valence-corrected chi connectivity index (χ0v) is 13.5. The molecule has 0 aromatic heterocycles. The van der Waals surface area contributed by atoms with Gasteiger partial charge in [0.1, 0.15) is 10.7 Å². The summed E-state index contributed by atoms with van der Waals surface area (Å²) in [7, 11) is -4.16. The van der Waals surface area contributed by atoms with Crippen LogP contribution in [-0.4, -0.2) is 21.0 Å². The molecular formula is C15H12ClFO5S. The number of carbonyl (C=O) groups excluding carboxylic acids is 1. The van der Waals surface area contributed by atoms with Crippen molar-refractivity contribution in [2.24, 2.45) is 0 Å². The summed E-state index contributed by atoms with van der Waals surface area (Å²) >= 11 is 5.73. The van der Waals surface area contributed by atoms with E-state index in [9.17, 15) is 17.6 Å². The summed E-state index contributed by atoms with van der Waals surface area (Å²) in [5, 5.41) is -0.170. The van der Waals surface area contributed by atoms with E-state index in [1.54, 1.807) is 6.92 Å². The first-order chi connectivity index (χ1) is 10.8. The van der Waals surface area contributed by atoms with Gasteiger partial charge < -0.3 is 8.92 Å². The third-order valence-corrected chi connectivity index (χ3v) is 4.29. The summed E-state index contributed by atoms with van der Waals surface area (Å²) in [6, 6.07) is 8.11. The lowest BCUT2D eigenvalue weighted by Gasteiger charge is -2.09. The van der Waals surface area contributed by atoms with E-state index in [-0.39, 0.29) is 27.8 Å². The van der Waals surface area contributed by atoms with Gasteiger partial charge in [-0.3, -0.25) is 0 Å². The SMILES string of the molecule is CCOC(=O)c1ccc(S(=O)(=O)Oc2ccc(F)cc2Cl)cc1. The molecule has 5 nitrogen and oxygen atoms in total. The number of halogens is 2. The lowest BCUT2D eigenvalue weighted by molar-refractivity contribution is 0.0526. The van der Waals surface area contributed by atoms with Crippen LogP contribution in [-0.2, 0) is 14.9 Å². The minimum Gasteiger partial charge on any atom is -0.462 e. The van der Waals surface area contributed by atoms with Gasteiger partial charge in [-0.1, -0.05) is 11.6 Å². The largest absolute Gasteiger partial charge is 0.462 e. The summed E-state index contributed by atoms with van der Waals surface area (Å²) in [5.74, 6) is -1.36. The van der Waals surface area contributed by atoms with Crippen molar-refractivity contribution in [1.82, 2.24) is 0 Å². The van der Waals surface area contributed by atoms with E-state index in [4.69, 9.17) is 20.5 Å². The number of hydrogen-bond acceptors (Lipinski definition) is 5. The molecule has 0 unspecified atom stereocenters. The number of hydrogen-bond donors (Lipinski definition) is 0. The van der Waals surface area contributed by atoms with Crippen LogP contribution in [0.1, 0.15) is 17.3 Å². The molecule has 23 heavy (non-hydrogen) atoms. The fourth-order valence-electron chi connectivity index (χ4n) is 1.68. The Morgan fingerprint density at radius 2 is 1.83 bits per heavy atom. The van der Waals surface area contributed by atoms with E-state index in [1.165, 1.54) is 24.3 Å². The zero-order chi connectivity index (χ0) is 17.0. The summed E-state index contributed by atoms with van der Waals surface area (Å²) in [6.07, 6.45) is 0. The molecule has 0 aliphatic rings. The average molecular weight is 359 g/mol. The van der Waals surface area contributed by atoms with Gasteiger partial charge in [0.2, 0.25) is 0 Å². The highest BCUT2D eigenvalue weighted by Gasteiger charge is 2.19. The predicted octanol–water partition coefficient (Wildman–Crippen LogP) is 3.42. The Kier molecular flexibility index (Phi) is 5.23. The lowest BCUT2D eigenvalue weighted by atomic mass is 10.2. The van der Waals surface area contributed by atoms with Crippen molar-refractivity contribution >= 4 is 27.7 Å². The first-order valence-corrected chi connectivity index (χ1v) is 8.29. The molecule has 0 spiro atoms. The van der Waals surface area contributed by atoms with Gasteiger partial charge in [0.25, 0.3) is 0 Å². The van der Waals surface area contributed by atoms with E-state index in [2.05, 4.69) is 0 Å². The summed E-state index contributed by atoms with van der Waals surface area (Å²) in [5.41, 5.74) is 0.214. The topological polar surface area (TPSA) is 69.7 Å². The molecule has 0 saturated heterocycles. The normalized spacial score (nSPS) is 11.1. The molecule has 0 N–H and O–H groups in total. The predicted molar refractivity (Wildman–Crippen MR) is 81.6 cm³/mol. The van der Waals surface area contributed by atoms with Crippen LogP contribution in [0.3, 0.4) is 0 Å². The molecule has 0 aliphatic heterocycles. The van der Waals surface area contributed by atoms with Gasteiger partial charge in [-0.05, 0) is 49.4 Å². The monoisotopic (exact) mass is 358 g/mol. The second-order valence-electron chi connectivity index (χ2n) is 4.36. The second kappa shape index (κ2) is 6.97. The zero-order valence-electron chi connectivity index (χ0n) is 12.0. The molecule has 0 fully saturated rings. The van der Waals surface area contributed by atoms with Crippen molar-refractivity contribution in [1.29, 1.82) is 0 Å². The van der Waals surface area contributed by atoms with E-state index >= 15 is 0 Å². The first-order valence-electron chi connectivity index (χ1n) is 6.50. The molecule has 0 heterocycles. The van der Waals surface area contributed by atoms with Crippen LogP contribution in [0.2, 0.25) is 5.02 Å². The molecule has 2 rings (SSSR count). The van der Waals surface area contributed by atoms with Crippen LogP contribution < -0.4 is 4.18 Å². The summed E-state index contributed by atoms with van der Waals surface area (Å²) in [6.45, 7) is 1.88. The highest BCUT2D eigenvalue weighted by atomic mass is 35.5. The Morgan fingerprint density at radius 3 is 2.39 bits per heavy atom. The molecule has 0 aliphatic carbocycles. The van der Waals surface area contributed by atoms with Crippen LogP contribution in [0, 0.1) is 5.82 Å². The summed E-state index contributed by atoms with van der Waals surface area (Å²) in [4.78, 5) is 11.3. The minimum absolute atomic E-state index is 0.170. The number of ether oxygens (including phenoxy) is 1. The van der Waals surface area contributed by atoms with Gasteiger partial charge in [0, 0.05) is 0 Å². The van der Waals surface area contributed by atoms with Gasteiger partial charge in [-0.15, -0.1) is 0 Å². The molecule has 122 valence electrons. The quantitative estimate of drug-likeness (QED) is 0.605. The lowest BCUT2D eigenvalue weighted by Crippen LogP contribution is -2.11. The van der Waals surface area contributed by atoms with Gasteiger partial charge in [-0.25, -0.2) is 9.18 Å². The number of esters is 1. The van der Waals surface area contributed by atoms with Crippen LogP contribution in [0.25, 0.3) is 0 Å². The fraction of sp³-hybridized carbons (Fsp3) is 0.133. The van der Waals surface area contributed by atoms with Gasteiger partial charge in [-0.2, -0.15) is 8.42 Å². The summed E-state index contributed by atoms with van der Waals surface area (Å²) < 4.78 is 46.9. The number of carbonyl (C=O) groups is 1. The third-order valence-electron chi connectivity index (χ3n) is 2.75. The molecule has 2 aromatic carbocycles. The van der Waals surface area contributed by atoms with Crippen molar-refractivity contribution in [3.05, 3.63) is 58.9 Å². The molecule has 0 radical (unpaired) electrons. The van der Waals surface area contributed by atoms with Crippen LogP contribution in [0.5, 0.6) is 5.75 Å². The van der Waals surface area contributed by atoms with Crippen LogP contribution in [0.4, 0.5) is 4.39 Å². The Balaban J connectivity index is 2.24. The molecule has 0 saturated carbocycles.